The summed E-state index contributed by atoms with van der Waals surface area (Å²) >= 11 is 0. The van der Waals surface area contributed by atoms with E-state index in [0.29, 0.717) is 39.3 Å². The fourth-order valence-corrected chi connectivity index (χ4v) is 3.50. The fourth-order valence-electron chi connectivity index (χ4n) is 3.50. The minimum absolute atomic E-state index is 0.0431. The highest BCUT2D eigenvalue weighted by Gasteiger charge is 2.50. The van der Waals surface area contributed by atoms with Crippen molar-refractivity contribution in [2.75, 3.05) is 39.5 Å². The van der Waals surface area contributed by atoms with Gasteiger partial charge in [-0.1, -0.05) is 48.5 Å². The van der Waals surface area contributed by atoms with E-state index in [9.17, 15) is 9.59 Å². The molecule has 0 aliphatic carbocycles. The molecule has 2 amide bonds. The van der Waals surface area contributed by atoms with Gasteiger partial charge in [0.05, 0.1) is 12.0 Å². The molecular formula is C23H28N2O4. The van der Waals surface area contributed by atoms with Crippen LogP contribution in [-0.4, -0.2) is 56.2 Å². The molecule has 0 bridgehead atoms. The zero-order chi connectivity index (χ0) is 20.5. The van der Waals surface area contributed by atoms with Crippen LogP contribution in [0.3, 0.4) is 0 Å². The Morgan fingerprint density at radius 3 is 2.34 bits per heavy atom. The molecule has 2 aromatic carbocycles. The Morgan fingerprint density at radius 1 is 1.03 bits per heavy atom. The van der Waals surface area contributed by atoms with Gasteiger partial charge >= 0.3 is 0 Å². The standard InChI is InChI=1S/C23H28N2O4/c1-2-28-16-21(26)25-17-23(18-25,15-19-9-5-3-6-10-19)22(27)24-13-14-29-20-11-7-4-8-12-20/h3-12H,2,13-18H2,1H3,(H,24,27). The second kappa shape index (κ2) is 10.1. The van der Waals surface area contributed by atoms with Crippen LogP contribution in [-0.2, 0) is 20.7 Å². The van der Waals surface area contributed by atoms with Crippen molar-refractivity contribution in [2.45, 2.75) is 13.3 Å². The molecule has 0 aromatic heterocycles. The molecule has 3 rings (SSSR count). The number of amides is 2. The number of nitrogens with zero attached hydrogens (tertiary/aromatic N) is 1. The number of likely N-dealkylation sites (tertiary alicyclic amines) is 1. The minimum Gasteiger partial charge on any atom is -0.492 e. The Bertz CT molecular complexity index is 789. The van der Waals surface area contributed by atoms with Gasteiger partial charge in [0.1, 0.15) is 19.0 Å². The molecule has 1 saturated heterocycles. The van der Waals surface area contributed by atoms with Crippen LogP contribution >= 0.6 is 0 Å². The molecule has 29 heavy (non-hydrogen) atoms. The van der Waals surface area contributed by atoms with E-state index in [4.69, 9.17) is 9.47 Å². The maximum absolute atomic E-state index is 13.0. The molecule has 154 valence electrons. The zero-order valence-electron chi connectivity index (χ0n) is 16.8. The third kappa shape index (κ3) is 5.57. The lowest BCUT2D eigenvalue weighted by Gasteiger charge is -2.49. The van der Waals surface area contributed by atoms with Gasteiger partial charge in [0.15, 0.2) is 0 Å². The predicted octanol–water partition coefficient (Wildman–Crippen LogP) is 2.29. The minimum atomic E-state index is -0.615. The van der Waals surface area contributed by atoms with Crippen molar-refractivity contribution in [2.24, 2.45) is 5.41 Å². The van der Waals surface area contributed by atoms with E-state index in [1.165, 1.54) is 0 Å². The van der Waals surface area contributed by atoms with Crippen LogP contribution in [0.25, 0.3) is 0 Å². The van der Waals surface area contributed by atoms with Gasteiger partial charge in [-0.05, 0) is 31.0 Å². The summed E-state index contributed by atoms with van der Waals surface area (Å²) in [6.07, 6.45) is 0.595. The van der Waals surface area contributed by atoms with Crippen molar-refractivity contribution >= 4 is 11.8 Å². The number of benzene rings is 2. The molecule has 6 nitrogen and oxygen atoms in total. The van der Waals surface area contributed by atoms with Gasteiger partial charge in [-0.2, -0.15) is 0 Å². The molecule has 1 fully saturated rings. The van der Waals surface area contributed by atoms with E-state index in [1.54, 1.807) is 4.90 Å². The van der Waals surface area contributed by atoms with Gasteiger partial charge in [0.2, 0.25) is 11.8 Å². The molecule has 0 spiro atoms. The summed E-state index contributed by atoms with van der Waals surface area (Å²) in [6.45, 7) is 4.02. The summed E-state index contributed by atoms with van der Waals surface area (Å²) < 4.78 is 10.9. The number of rotatable bonds is 10. The second-order valence-corrected chi connectivity index (χ2v) is 7.25. The normalized spacial score (nSPS) is 14.7. The molecule has 2 aromatic rings. The summed E-state index contributed by atoms with van der Waals surface area (Å²) in [4.78, 5) is 26.9. The number of para-hydroxylation sites is 1. The first-order valence-electron chi connectivity index (χ1n) is 9.98. The average Bonchev–Trinajstić information content (AvgIpc) is 2.73. The largest absolute Gasteiger partial charge is 0.492 e. The van der Waals surface area contributed by atoms with Gasteiger partial charge in [-0.15, -0.1) is 0 Å². The van der Waals surface area contributed by atoms with Crippen molar-refractivity contribution in [3.8, 4) is 5.75 Å². The van der Waals surface area contributed by atoms with E-state index in [1.807, 2.05) is 67.6 Å². The first-order valence-corrected chi connectivity index (χ1v) is 9.98. The first kappa shape index (κ1) is 20.9. The lowest BCUT2D eigenvalue weighted by molar-refractivity contribution is -0.156. The molecule has 0 unspecified atom stereocenters. The SMILES string of the molecule is CCOCC(=O)N1CC(Cc2ccccc2)(C(=O)NCCOc2ccccc2)C1. The maximum Gasteiger partial charge on any atom is 0.248 e. The van der Waals surface area contributed by atoms with Crippen LogP contribution < -0.4 is 10.1 Å². The summed E-state index contributed by atoms with van der Waals surface area (Å²) in [6, 6.07) is 19.4. The smallest absolute Gasteiger partial charge is 0.248 e. The van der Waals surface area contributed by atoms with Crippen molar-refractivity contribution in [1.29, 1.82) is 0 Å². The maximum atomic E-state index is 13.0. The van der Waals surface area contributed by atoms with Crippen LogP contribution in [0.1, 0.15) is 12.5 Å². The van der Waals surface area contributed by atoms with E-state index < -0.39 is 5.41 Å². The zero-order valence-corrected chi connectivity index (χ0v) is 16.8. The van der Waals surface area contributed by atoms with Crippen molar-refractivity contribution in [3.05, 3.63) is 66.2 Å². The number of ether oxygens (including phenoxy) is 2. The number of carbonyl (C=O) groups is 2. The van der Waals surface area contributed by atoms with Gasteiger partial charge in [0.25, 0.3) is 0 Å². The summed E-state index contributed by atoms with van der Waals surface area (Å²) in [5.74, 6) is 0.659. The predicted molar refractivity (Wildman–Crippen MR) is 111 cm³/mol. The summed E-state index contributed by atoms with van der Waals surface area (Å²) in [5.41, 5.74) is 0.468. The molecule has 1 aliphatic rings. The van der Waals surface area contributed by atoms with Crippen molar-refractivity contribution in [1.82, 2.24) is 10.2 Å². The molecule has 6 heteroatoms. The van der Waals surface area contributed by atoms with Crippen LogP contribution in [0.5, 0.6) is 5.75 Å². The van der Waals surface area contributed by atoms with Crippen LogP contribution in [0.4, 0.5) is 0 Å². The van der Waals surface area contributed by atoms with E-state index in [-0.39, 0.29) is 18.4 Å². The highest BCUT2D eigenvalue weighted by atomic mass is 16.5. The highest BCUT2D eigenvalue weighted by molar-refractivity contribution is 5.88. The van der Waals surface area contributed by atoms with Gasteiger partial charge in [-0.3, -0.25) is 9.59 Å². The molecule has 0 atom stereocenters. The second-order valence-electron chi connectivity index (χ2n) is 7.25. The topological polar surface area (TPSA) is 67.9 Å². The average molecular weight is 396 g/mol. The van der Waals surface area contributed by atoms with Gasteiger partial charge < -0.3 is 19.7 Å². The molecule has 1 aliphatic heterocycles. The third-order valence-electron chi connectivity index (χ3n) is 5.04. The van der Waals surface area contributed by atoms with Crippen molar-refractivity contribution in [3.63, 3.8) is 0 Å². The lowest BCUT2D eigenvalue weighted by Crippen LogP contribution is -2.66. The number of hydrogen-bond acceptors (Lipinski definition) is 4. The summed E-state index contributed by atoms with van der Waals surface area (Å²) in [5, 5.41) is 2.99. The third-order valence-corrected chi connectivity index (χ3v) is 5.04. The monoisotopic (exact) mass is 396 g/mol. The van der Waals surface area contributed by atoms with Crippen LogP contribution in [0, 0.1) is 5.41 Å². The van der Waals surface area contributed by atoms with E-state index in [0.717, 1.165) is 11.3 Å². The Morgan fingerprint density at radius 2 is 1.69 bits per heavy atom. The molecule has 0 radical (unpaired) electrons. The molecule has 0 saturated carbocycles. The van der Waals surface area contributed by atoms with Gasteiger partial charge in [0, 0.05) is 19.7 Å². The van der Waals surface area contributed by atoms with E-state index in [2.05, 4.69) is 5.32 Å². The molecular weight excluding hydrogens is 368 g/mol. The quantitative estimate of drug-likeness (QED) is 0.626. The molecule has 1 heterocycles. The number of hydrogen-bond donors (Lipinski definition) is 1. The Labute approximate surface area is 171 Å². The Kier molecular flexibility index (Phi) is 7.25. The van der Waals surface area contributed by atoms with Gasteiger partial charge in [-0.25, -0.2) is 0 Å². The number of nitrogens with one attached hydrogen (secondary N) is 1. The van der Waals surface area contributed by atoms with Crippen LogP contribution in [0.15, 0.2) is 60.7 Å². The first-order chi connectivity index (χ1) is 14.1. The number of carbonyl (C=O) groups excluding carboxylic acids is 2. The lowest BCUT2D eigenvalue weighted by atomic mass is 9.73. The van der Waals surface area contributed by atoms with Crippen molar-refractivity contribution < 1.29 is 19.1 Å². The van der Waals surface area contributed by atoms with Crippen LogP contribution in [0.2, 0.25) is 0 Å². The fraction of sp³-hybridized carbons (Fsp3) is 0.391. The van der Waals surface area contributed by atoms with E-state index >= 15 is 0 Å². The Balaban J connectivity index is 1.56. The Hall–Kier alpha value is -2.86. The molecule has 1 N–H and O–H groups in total. The summed E-state index contributed by atoms with van der Waals surface area (Å²) in [7, 11) is 0. The highest BCUT2D eigenvalue weighted by Crippen LogP contribution is 2.34.